The Bertz CT molecular complexity index is 293. The Morgan fingerprint density at radius 3 is 2.19 bits per heavy atom. The van der Waals surface area contributed by atoms with Crippen LogP contribution in [-0.2, 0) is 9.59 Å². The van der Waals surface area contributed by atoms with Crippen LogP contribution >= 0.6 is 0 Å². The van der Waals surface area contributed by atoms with E-state index in [0.717, 1.165) is 25.9 Å². The van der Waals surface area contributed by atoms with Crippen LogP contribution in [-0.4, -0.2) is 50.4 Å². The minimum absolute atomic E-state index is 0.0206. The van der Waals surface area contributed by atoms with Crippen molar-refractivity contribution < 1.29 is 9.59 Å². The summed E-state index contributed by atoms with van der Waals surface area (Å²) in [5.74, 6) is 0.487. The Labute approximate surface area is 129 Å². The van der Waals surface area contributed by atoms with Crippen molar-refractivity contribution in [1.29, 1.82) is 0 Å². The third-order valence-corrected chi connectivity index (χ3v) is 3.59. The van der Waals surface area contributed by atoms with Gasteiger partial charge in [0.05, 0.1) is 0 Å². The van der Waals surface area contributed by atoms with Gasteiger partial charge in [-0.25, -0.2) is 0 Å². The molecule has 21 heavy (non-hydrogen) atoms. The van der Waals surface area contributed by atoms with Gasteiger partial charge in [0.15, 0.2) is 0 Å². The number of hydrogen-bond donors (Lipinski definition) is 2. The topological polar surface area (TPSA) is 61.4 Å². The molecule has 0 aromatic rings. The highest BCUT2D eigenvalue weighted by atomic mass is 16.2. The first-order chi connectivity index (χ1) is 9.99. The maximum atomic E-state index is 11.7. The van der Waals surface area contributed by atoms with E-state index in [1.165, 1.54) is 12.8 Å². The fraction of sp³-hybridized carbons (Fsp3) is 0.875. The minimum Gasteiger partial charge on any atom is -0.356 e. The Morgan fingerprint density at radius 1 is 1.05 bits per heavy atom. The van der Waals surface area contributed by atoms with Crippen LogP contribution < -0.4 is 10.6 Å². The van der Waals surface area contributed by atoms with Crippen molar-refractivity contribution in [2.24, 2.45) is 5.92 Å². The van der Waals surface area contributed by atoms with E-state index in [1.807, 2.05) is 19.0 Å². The summed E-state index contributed by atoms with van der Waals surface area (Å²) in [6.07, 6.45) is 5.20. The summed E-state index contributed by atoms with van der Waals surface area (Å²) in [7, 11) is 3.92. The molecule has 5 heteroatoms. The van der Waals surface area contributed by atoms with Gasteiger partial charge in [0.25, 0.3) is 0 Å². The Hall–Kier alpha value is -1.10. The van der Waals surface area contributed by atoms with Crippen molar-refractivity contribution in [2.75, 3.05) is 33.7 Å². The molecule has 0 spiro atoms. The second-order valence-corrected chi connectivity index (χ2v) is 5.87. The second kappa shape index (κ2) is 12.6. The molecule has 0 saturated carbocycles. The number of nitrogens with zero attached hydrogens (tertiary/aromatic N) is 1. The van der Waals surface area contributed by atoms with E-state index in [9.17, 15) is 9.59 Å². The van der Waals surface area contributed by atoms with Crippen LogP contribution in [0, 0.1) is 5.92 Å². The molecular formula is C16H33N3O2. The highest BCUT2D eigenvalue weighted by molar-refractivity contribution is 5.83. The van der Waals surface area contributed by atoms with Gasteiger partial charge in [-0.05, 0) is 26.4 Å². The molecule has 0 aliphatic rings. The molecule has 0 fully saturated rings. The maximum absolute atomic E-state index is 11.7. The summed E-state index contributed by atoms with van der Waals surface area (Å²) >= 11 is 0. The SMILES string of the molecule is CCCC[C@@H](CC)CNC(=O)CCC(=O)NCCN(C)C. The van der Waals surface area contributed by atoms with E-state index in [2.05, 4.69) is 24.5 Å². The van der Waals surface area contributed by atoms with Crippen LogP contribution in [0.4, 0.5) is 0 Å². The van der Waals surface area contributed by atoms with E-state index in [1.54, 1.807) is 0 Å². The van der Waals surface area contributed by atoms with E-state index in [4.69, 9.17) is 0 Å². The molecule has 0 unspecified atom stereocenters. The van der Waals surface area contributed by atoms with E-state index in [-0.39, 0.29) is 24.7 Å². The highest BCUT2D eigenvalue weighted by Gasteiger charge is 2.10. The molecule has 2 N–H and O–H groups in total. The lowest BCUT2D eigenvalue weighted by Gasteiger charge is -2.15. The van der Waals surface area contributed by atoms with Crippen LogP contribution in [0.5, 0.6) is 0 Å². The third-order valence-electron chi connectivity index (χ3n) is 3.59. The zero-order valence-corrected chi connectivity index (χ0v) is 14.2. The number of nitrogens with one attached hydrogen (secondary N) is 2. The van der Waals surface area contributed by atoms with Gasteiger partial charge in [0, 0.05) is 32.5 Å². The van der Waals surface area contributed by atoms with Crippen LogP contribution in [0.15, 0.2) is 0 Å². The summed E-state index contributed by atoms with van der Waals surface area (Å²) < 4.78 is 0. The number of amides is 2. The normalized spacial score (nSPS) is 12.2. The van der Waals surface area contributed by atoms with Gasteiger partial charge in [0.1, 0.15) is 0 Å². The Balaban J connectivity index is 3.71. The monoisotopic (exact) mass is 299 g/mol. The fourth-order valence-corrected chi connectivity index (χ4v) is 2.02. The van der Waals surface area contributed by atoms with Crippen molar-refractivity contribution in [1.82, 2.24) is 15.5 Å². The van der Waals surface area contributed by atoms with E-state index in [0.29, 0.717) is 12.5 Å². The molecule has 0 aromatic heterocycles. The predicted molar refractivity (Wildman–Crippen MR) is 87.1 cm³/mol. The Morgan fingerprint density at radius 2 is 1.67 bits per heavy atom. The number of unbranched alkanes of at least 4 members (excludes halogenated alkanes) is 1. The third kappa shape index (κ3) is 12.4. The summed E-state index contributed by atoms with van der Waals surface area (Å²) in [5, 5.41) is 5.76. The molecule has 5 nitrogen and oxygen atoms in total. The summed E-state index contributed by atoms with van der Waals surface area (Å²) in [6, 6.07) is 0. The van der Waals surface area contributed by atoms with Crippen LogP contribution in [0.1, 0.15) is 52.4 Å². The maximum Gasteiger partial charge on any atom is 0.220 e. The Kier molecular flexibility index (Phi) is 12.0. The quantitative estimate of drug-likeness (QED) is 0.577. The molecule has 0 aromatic carbocycles. The zero-order chi connectivity index (χ0) is 16.1. The van der Waals surface area contributed by atoms with E-state index < -0.39 is 0 Å². The van der Waals surface area contributed by atoms with E-state index >= 15 is 0 Å². The standard InChI is InChI=1S/C16H33N3O2/c1-5-7-8-14(6-2)13-18-16(21)10-9-15(20)17-11-12-19(3)4/h14H,5-13H2,1-4H3,(H,17,20)(H,18,21)/t14-/m1/s1. The fourth-order valence-electron chi connectivity index (χ4n) is 2.02. The van der Waals surface area contributed by atoms with Gasteiger partial charge in [-0.1, -0.05) is 33.1 Å². The van der Waals surface area contributed by atoms with Gasteiger partial charge in [-0.2, -0.15) is 0 Å². The molecule has 0 heterocycles. The number of hydrogen-bond acceptors (Lipinski definition) is 3. The molecule has 0 bridgehead atoms. The van der Waals surface area contributed by atoms with Gasteiger partial charge in [0.2, 0.25) is 11.8 Å². The van der Waals surface area contributed by atoms with Crippen molar-refractivity contribution in [2.45, 2.75) is 52.4 Å². The smallest absolute Gasteiger partial charge is 0.220 e. The van der Waals surface area contributed by atoms with Crippen molar-refractivity contribution >= 4 is 11.8 Å². The summed E-state index contributed by atoms with van der Waals surface area (Å²) in [5.41, 5.74) is 0. The van der Waals surface area contributed by atoms with Crippen LogP contribution in [0.25, 0.3) is 0 Å². The minimum atomic E-state index is -0.0509. The molecule has 0 radical (unpaired) electrons. The average Bonchev–Trinajstić information content (AvgIpc) is 2.45. The lowest BCUT2D eigenvalue weighted by Crippen LogP contribution is -2.33. The van der Waals surface area contributed by atoms with Crippen LogP contribution in [0.3, 0.4) is 0 Å². The highest BCUT2D eigenvalue weighted by Crippen LogP contribution is 2.11. The summed E-state index contributed by atoms with van der Waals surface area (Å²) in [6.45, 7) is 6.51. The molecule has 0 saturated heterocycles. The summed E-state index contributed by atoms with van der Waals surface area (Å²) in [4.78, 5) is 25.3. The van der Waals surface area contributed by atoms with Gasteiger partial charge in [-0.3, -0.25) is 9.59 Å². The molecule has 124 valence electrons. The van der Waals surface area contributed by atoms with Crippen molar-refractivity contribution in [3.63, 3.8) is 0 Å². The van der Waals surface area contributed by atoms with Crippen LogP contribution in [0.2, 0.25) is 0 Å². The molecule has 2 amide bonds. The number of likely N-dealkylation sites (N-methyl/N-ethyl adjacent to an activating group) is 1. The van der Waals surface area contributed by atoms with Gasteiger partial charge in [-0.15, -0.1) is 0 Å². The first-order valence-electron chi connectivity index (χ1n) is 8.17. The molecule has 0 rings (SSSR count). The van der Waals surface area contributed by atoms with Gasteiger partial charge < -0.3 is 15.5 Å². The average molecular weight is 299 g/mol. The molecule has 0 aliphatic heterocycles. The molecule has 1 atom stereocenters. The van der Waals surface area contributed by atoms with Gasteiger partial charge >= 0.3 is 0 Å². The number of carbonyl (C=O) groups is 2. The molecular weight excluding hydrogens is 266 g/mol. The predicted octanol–water partition coefficient (Wildman–Crippen LogP) is 1.78. The van der Waals surface area contributed by atoms with Crippen molar-refractivity contribution in [3.05, 3.63) is 0 Å². The lowest BCUT2D eigenvalue weighted by atomic mass is 9.99. The largest absolute Gasteiger partial charge is 0.356 e. The van der Waals surface area contributed by atoms with Crippen molar-refractivity contribution in [3.8, 4) is 0 Å². The first-order valence-corrected chi connectivity index (χ1v) is 8.17. The number of rotatable bonds is 12. The zero-order valence-electron chi connectivity index (χ0n) is 14.2. The number of carbonyl (C=O) groups excluding carboxylic acids is 2. The molecule has 0 aliphatic carbocycles. The lowest BCUT2D eigenvalue weighted by molar-refractivity contribution is -0.126. The first kappa shape index (κ1) is 19.9. The second-order valence-electron chi connectivity index (χ2n) is 5.87.